The molecular formula is C16H14ClNO2. The van der Waals surface area contributed by atoms with E-state index in [4.69, 9.17) is 16.4 Å². The Morgan fingerprint density at radius 1 is 1.10 bits per heavy atom. The average molecular weight is 288 g/mol. The van der Waals surface area contributed by atoms with Gasteiger partial charge < -0.3 is 9.94 Å². The normalized spacial score (nSPS) is 21.4. The van der Waals surface area contributed by atoms with E-state index >= 15 is 0 Å². The Morgan fingerprint density at radius 3 is 2.40 bits per heavy atom. The lowest BCUT2D eigenvalue weighted by Gasteiger charge is -2.21. The van der Waals surface area contributed by atoms with E-state index in [0.29, 0.717) is 11.4 Å². The van der Waals surface area contributed by atoms with E-state index in [-0.39, 0.29) is 5.75 Å². The zero-order chi connectivity index (χ0) is 14.2. The second-order valence-electron chi connectivity index (χ2n) is 5.09. The van der Waals surface area contributed by atoms with Gasteiger partial charge >= 0.3 is 0 Å². The summed E-state index contributed by atoms with van der Waals surface area (Å²) >= 11 is 5.91. The molecule has 0 aliphatic carbocycles. The van der Waals surface area contributed by atoms with Gasteiger partial charge in [0, 0.05) is 11.4 Å². The number of benzene rings is 2. The summed E-state index contributed by atoms with van der Waals surface area (Å²) in [6, 6.07) is 14.6. The van der Waals surface area contributed by atoms with Gasteiger partial charge in [0.05, 0.1) is 5.71 Å². The number of phenolic OH excluding ortho intramolecular Hbond substituents is 1. The van der Waals surface area contributed by atoms with Gasteiger partial charge in [0.15, 0.2) is 5.60 Å². The maximum Gasteiger partial charge on any atom is 0.165 e. The third-order valence-electron chi connectivity index (χ3n) is 3.52. The summed E-state index contributed by atoms with van der Waals surface area (Å²) in [6.45, 7) is 2.01. The Balaban J connectivity index is 1.84. The second kappa shape index (κ2) is 4.84. The number of nitrogens with zero attached hydrogens (tertiary/aromatic N) is 1. The van der Waals surface area contributed by atoms with Gasteiger partial charge in [-0.1, -0.05) is 28.9 Å². The molecule has 1 aliphatic rings. The number of hydrogen-bond donors (Lipinski definition) is 1. The highest BCUT2D eigenvalue weighted by atomic mass is 35.5. The predicted molar refractivity (Wildman–Crippen MR) is 79.1 cm³/mol. The summed E-state index contributed by atoms with van der Waals surface area (Å²) in [5.74, 6) is 0.244. The summed E-state index contributed by atoms with van der Waals surface area (Å²) in [7, 11) is 0. The van der Waals surface area contributed by atoms with E-state index < -0.39 is 5.60 Å². The van der Waals surface area contributed by atoms with Gasteiger partial charge in [-0.05, 0) is 54.4 Å². The minimum atomic E-state index is -0.474. The van der Waals surface area contributed by atoms with Crippen molar-refractivity contribution in [2.24, 2.45) is 5.16 Å². The van der Waals surface area contributed by atoms with Gasteiger partial charge in [0.25, 0.3) is 0 Å². The highest BCUT2D eigenvalue weighted by Gasteiger charge is 2.36. The van der Waals surface area contributed by atoms with Crippen molar-refractivity contribution in [3.63, 3.8) is 0 Å². The van der Waals surface area contributed by atoms with Crippen LogP contribution in [0.4, 0.5) is 0 Å². The molecule has 102 valence electrons. The zero-order valence-corrected chi connectivity index (χ0v) is 11.8. The predicted octanol–water partition coefficient (Wildman–Crippen LogP) is 4.09. The van der Waals surface area contributed by atoms with Crippen molar-refractivity contribution in [3.05, 3.63) is 64.7 Å². The van der Waals surface area contributed by atoms with Gasteiger partial charge in [0.1, 0.15) is 5.75 Å². The van der Waals surface area contributed by atoms with Crippen molar-refractivity contribution in [3.8, 4) is 5.75 Å². The first-order valence-electron chi connectivity index (χ1n) is 6.37. The van der Waals surface area contributed by atoms with Crippen molar-refractivity contribution < 1.29 is 9.94 Å². The number of halogens is 1. The van der Waals surface area contributed by atoms with Crippen molar-refractivity contribution in [1.29, 1.82) is 0 Å². The van der Waals surface area contributed by atoms with Crippen LogP contribution in [0.5, 0.6) is 5.75 Å². The maximum absolute atomic E-state index is 9.32. The van der Waals surface area contributed by atoms with Crippen LogP contribution in [0, 0.1) is 0 Å². The zero-order valence-electron chi connectivity index (χ0n) is 11.0. The average Bonchev–Trinajstić information content (AvgIpc) is 2.84. The molecule has 0 saturated carbocycles. The molecule has 1 unspecified atom stereocenters. The molecule has 0 radical (unpaired) electrons. The molecule has 4 heteroatoms. The summed E-state index contributed by atoms with van der Waals surface area (Å²) in [6.07, 6.45) is 0.680. The molecule has 1 atom stereocenters. The van der Waals surface area contributed by atoms with E-state index in [1.165, 1.54) is 0 Å². The van der Waals surface area contributed by atoms with Gasteiger partial charge in [0.2, 0.25) is 0 Å². The van der Waals surface area contributed by atoms with Crippen LogP contribution < -0.4 is 0 Å². The number of oxime groups is 1. The van der Waals surface area contributed by atoms with Crippen LogP contribution in [0.2, 0.25) is 5.02 Å². The second-order valence-corrected chi connectivity index (χ2v) is 5.53. The maximum atomic E-state index is 9.32. The van der Waals surface area contributed by atoms with E-state index in [2.05, 4.69) is 5.16 Å². The molecule has 3 rings (SSSR count). The summed E-state index contributed by atoms with van der Waals surface area (Å²) in [5.41, 5.74) is 2.40. The van der Waals surface area contributed by atoms with Crippen LogP contribution in [0.3, 0.4) is 0 Å². The van der Waals surface area contributed by atoms with Gasteiger partial charge in [-0.3, -0.25) is 0 Å². The topological polar surface area (TPSA) is 41.8 Å². The van der Waals surface area contributed by atoms with E-state index in [0.717, 1.165) is 16.8 Å². The Bertz CT molecular complexity index is 649. The highest BCUT2D eigenvalue weighted by molar-refractivity contribution is 6.30. The fraction of sp³-hybridized carbons (Fsp3) is 0.188. The van der Waals surface area contributed by atoms with Gasteiger partial charge in [-0.15, -0.1) is 0 Å². The van der Waals surface area contributed by atoms with Gasteiger partial charge in [-0.25, -0.2) is 0 Å². The van der Waals surface area contributed by atoms with Crippen molar-refractivity contribution in [1.82, 2.24) is 0 Å². The van der Waals surface area contributed by atoms with Crippen LogP contribution in [-0.2, 0) is 10.4 Å². The van der Waals surface area contributed by atoms with Crippen molar-refractivity contribution in [2.75, 3.05) is 0 Å². The first-order chi connectivity index (χ1) is 9.57. The smallest absolute Gasteiger partial charge is 0.165 e. The number of rotatable bonds is 2. The standard InChI is InChI=1S/C16H14ClNO2/c1-16(12-4-6-13(17)7-5-12)10-15(18-20-16)11-2-8-14(19)9-3-11/h2-9,19H,10H2,1H3. The minimum Gasteiger partial charge on any atom is -0.508 e. The lowest BCUT2D eigenvalue weighted by molar-refractivity contribution is -0.00738. The molecule has 1 aliphatic heterocycles. The van der Waals surface area contributed by atoms with Crippen LogP contribution in [0.15, 0.2) is 53.7 Å². The molecule has 0 saturated heterocycles. The summed E-state index contributed by atoms with van der Waals surface area (Å²) in [4.78, 5) is 5.65. The molecule has 0 aromatic heterocycles. The first-order valence-corrected chi connectivity index (χ1v) is 6.75. The Hall–Kier alpha value is -2.00. The van der Waals surface area contributed by atoms with Crippen molar-refractivity contribution >= 4 is 17.3 Å². The largest absolute Gasteiger partial charge is 0.508 e. The highest BCUT2D eigenvalue weighted by Crippen LogP contribution is 2.36. The monoisotopic (exact) mass is 287 g/mol. The molecule has 2 aromatic carbocycles. The number of hydrogen-bond acceptors (Lipinski definition) is 3. The Kier molecular flexibility index (Phi) is 3.14. The summed E-state index contributed by atoms with van der Waals surface area (Å²) < 4.78 is 0. The molecule has 0 bridgehead atoms. The molecule has 20 heavy (non-hydrogen) atoms. The third kappa shape index (κ3) is 2.37. The quantitative estimate of drug-likeness (QED) is 0.904. The lowest BCUT2D eigenvalue weighted by atomic mass is 9.89. The molecule has 1 N–H and O–H groups in total. The van der Waals surface area contributed by atoms with E-state index in [9.17, 15) is 5.11 Å². The molecule has 0 spiro atoms. The summed E-state index contributed by atoms with van der Waals surface area (Å²) in [5, 5.41) is 14.2. The third-order valence-corrected chi connectivity index (χ3v) is 3.77. The number of phenols is 1. The van der Waals surface area contributed by atoms with Crippen LogP contribution in [-0.4, -0.2) is 10.8 Å². The van der Waals surface area contributed by atoms with Crippen LogP contribution in [0.1, 0.15) is 24.5 Å². The molecule has 3 nitrogen and oxygen atoms in total. The molecular weight excluding hydrogens is 274 g/mol. The fourth-order valence-corrected chi connectivity index (χ4v) is 2.43. The Labute approximate surface area is 122 Å². The van der Waals surface area contributed by atoms with Crippen LogP contribution in [0.25, 0.3) is 0 Å². The molecule has 2 aromatic rings. The lowest BCUT2D eigenvalue weighted by Crippen LogP contribution is -2.21. The molecule has 0 amide bonds. The SMILES string of the molecule is CC1(c2ccc(Cl)cc2)CC(c2ccc(O)cc2)=NO1. The number of aromatic hydroxyl groups is 1. The van der Waals surface area contributed by atoms with Crippen LogP contribution >= 0.6 is 11.6 Å². The van der Waals surface area contributed by atoms with Gasteiger partial charge in [-0.2, -0.15) is 0 Å². The first kappa shape index (κ1) is 13.0. The molecule has 0 fully saturated rings. The Morgan fingerprint density at radius 2 is 1.75 bits per heavy atom. The van der Waals surface area contributed by atoms with E-state index in [1.807, 2.05) is 43.3 Å². The minimum absolute atomic E-state index is 0.244. The van der Waals surface area contributed by atoms with E-state index in [1.54, 1.807) is 12.1 Å². The fourth-order valence-electron chi connectivity index (χ4n) is 2.31. The van der Waals surface area contributed by atoms with Crippen molar-refractivity contribution in [2.45, 2.75) is 18.9 Å². The molecule has 1 heterocycles.